The molecule has 0 aliphatic carbocycles. The first-order valence-electron chi connectivity index (χ1n) is 12.8. The number of para-hydroxylation sites is 1. The molecular formula is C33H29N3O3. The molecule has 6 nitrogen and oxygen atoms in total. The highest BCUT2D eigenvalue weighted by Crippen LogP contribution is 2.35. The number of ketones is 1. The lowest BCUT2D eigenvalue weighted by molar-refractivity contribution is -0.119. The number of hydrogen-bond acceptors (Lipinski definition) is 3. The Hall–Kier alpha value is -4.97. The van der Waals surface area contributed by atoms with E-state index in [-0.39, 0.29) is 12.3 Å². The van der Waals surface area contributed by atoms with Crippen LogP contribution in [0.4, 0.5) is 16.2 Å². The molecule has 6 heteroatoms. The standard InChI is InChI=1S/C33H29N3O3/c1-22-11-10-15-25(19-22)34-33(39)35-29-20-28(24-13-4-3-5-14-24)27-17-8-9-18-30(27)36(32(29)38)21-31(37)26-16-7-6-12-23(26)2/h3-20,29H,21H2,1-2H3,(H2,34,35,39). The van der Waals surface area contributed by atoms with E-state index >= 15 is 0 Å². The molecule has 0 fully saturated rings. The van der Waals surface area contributed by atoms with Crippen LogP contribution in [0.5, 0.6) is 0 Å². The number of benzene rings is 4. The Morgan fingerprint density at radius 3 is 2.31 bits per heavy atom. The predicted octanol–water partition coefficient (Wildman–Crippen LogP) is 6.15. The highest BCUT2D eigenvalue weighted by Gasteiger charge is 2.33. The Bertz CT molecular complexity index is 1580. The zero-order valence-electron chi connectivity index (χ0n) is 21.8. The van der Waals surface area contributed by atoms with Crippen molar-refractivity contribution in [1.29, 1.82) is 0 Å². The van der Waals surface area contributed by atoms with Crippen molar-refractivity contribution in [2.45, 2.75) is 19.9 Å². The van der Waals surface area contributed by atoms with Crippen LogP contribution in [0.2, 0.25) is 0 Å². The number of fused-ring (bicyclic) bond motifs is 1. The summed E-state index contributed by atoms with van der Waals surface area (Å²) < 4.78 is 0. The summed E-state index contributed by atoms with van der Waals surface area (Å²) in [5, 5.41) is 5.66. The van der Waals surface area contributed by atoms with Crippen molar-refractivity contribution in [2.75, 3.05) is 16.8 Å². The largest absolute Gasteiger partial charge is 0.323 e. The number of hydrogen-bond donors (Lipinski definition) is 2. The van der Waals surface area contributed by atoms with Gasteiger partial charge in [-0.15, -0.1) is 0 Å². The van der Waals surface area contributed by atoms with Crippen LogP contribution in [0.3, 0.4) is 0 Å². The van der Waals surface area contributed by atoms with E-state index in [1.54, 1.807) is 18.2 Å². The summed E-state index contributed by atoms with van der Waals surface area (Å²) in [6.07, 6.45) is 1.77. The van der Waals surface area contributed by atoms with E-state index in [0.717, 1.165) is 27.8 Å². The van der Waals surface area contributed by atoms with Gasteiger partial charge >= 0.3 is 6.03 Å². The van der Waals surface area contributed by atoms with Crippen molar-refractivity contribution >= 4 is 34.7 Å². The quantitative estimate of drug-likeness (QED) is 0.302. The number of aryl methyl sites for hydroxylation is 2. The van der Waals surface area contributed by atoms with Crippen molar-refractivity contribution in [3.05, 3.63) is 137 Å². The second-order valence-electron chi connectivity index (χ2n) is 9.57. The van der Waals surface area contributed by atoms with Gasteiger partial charge in [0.15, 0.2) is 5.78 Å². The van der Waals surface area contributed by atoms with Crippen LogP contribution in [0.25, 0.3) is 5.57 Å². The first-order chi connectivity index (χ1) is 18.9. The summed E-state index contributed by atoms with van der Waals surface area (Å²) in [5.41, 5.74) is 6.14. The SMILES string of the molecule is Cc1cccc(NC(=O)NC2C=C(c3ccccc3)c3ccccc3N(CC(=O)c3ccccc3C)C2=O)c1. The van der Waals surface area contributed by atoms with Crippen LogP contribution in [0.1, 0.15) is 32.6 Å². The fourth-order valence-corrected chi connectivity index (χ4v) is 4.83. The topological polar surface area (TPSA) is 78.5 Å². The van der Waals surface area contributed by atoms with Crippen LogP contribution in [-0.4, -0.2) is 30.3 Å². The summed E-state index contributed by atoms with van der Waals surface area (Å²) in [5.74, 6) is -0.572. The highest BCUT2D eigenvalue weighted by atomic mass is 16.2. The maximum atomic E-state index is 14.1. The smallest absolute Gasteiger partial charge is 0.320 e. The molecule has 1 aliphatic heterocycles. The predicted molar refractivity (Wildman–Crippen MR) is 155 cm³/mol. The van der Waals surface area contributed by atoms with Gasteiger partial charge in [-0.1, -0.05) is 84.9 Å². The molecule has 1 aliphatic rings. The molecule has 39 heavy (non-hydrogen) atoms. The Morgan fingerprint density at radius 2 is 1.54 bits per heavy atom. The van der Waals surface area contributed by atoms with Crippen molar-refractivity contribution in [2.24, 2.45) is 0 Å². The Balaban J connectivity index is 1.54. The third kappa shape index (κ3) is 5.65. The zero-order chi connectivity index (χ0) is 27.4. The second-order valence-corrected chi connectivity index (χ2v) is 9.57. The monoisotopic (exact) mass is 515 g/mol. The summed E-state index contributed by atoms with van der Waals surface area (Å²) in [6.45, 7) is 3.65. The first-order valence-corrected chi connectivity index (χ1v) is 12.8. The normalized spacial score (nSPS) is 14.6. The number of amides is 3. The van der Waals surface area contributed by atoms with Crippen LogP contribution in [0, 0.1) is 13.8 Å². The number of rotatable bonds is 6. The van der Waals surface area contributed by atoms with Crippen LogP contribution < -0.4 is 15.5 Å². The Morgan fingerprint density at radius 1 is 0.821 bits per heavy atom. The van der Waals surface area contributed by atoms with Crippen LogP contribution in [0.15, 0.2) is 109 Å². The molecule has 1 unspecified atom stereocenters. The van der Waals surface area contributed by atoms with Crippen molar-refractivity contribution < 1.29 is 14.4 Å². The van der Waals surface area contributed by atoms with Gasteiger partial charge in [-0.25, -0.2) is 4.79 Å². The number of carbonyl (C=O) groups is 3. The lowest BCUT2D eigenvalue weighted by Gasteiger charge is -2.26. The number of Topliss-reactive ketones (excluding diaryl/α,β-unsaturated/α-hetero) is 1. The molecule has 0 saturated heterocycles. The minimum atomic E-state index is -1.01. The van der Waals surface area contributed by atoms with Gasteiger partial charge in [0.2, 0.25) is 0 Å². The lowest BCUT2D eigenvalue weighted by atomic mass is 9.95. The van der Waals surface area contributed by atoms with Gasteiger partial charge in [0, 0.05) is 16.8 Å². The van der Waals surface area contributed by atoms with E-state index in [9.17, 15) is 14.4 Å². The van der Waals surface area contributed by atoms with Gasteiger partial charge in [0.1, 0.15) is 6.04 Å². The molecular weight excluding hydrogens is 486 g/mol. The number of anilines is 2. The second kappa shape index (κ2) is 11.2. The maximum absolute atomic E-state index is 14.1. The minimum absolute atomic E-state index is 0.158. The lowest BCUT2D eigenvalue weighted by Crippen LogP contribution is -2.50. The number of nitrogens with zero attached hydrogens (tertiary/aromatic N) is 1. The van der Waals surface area contributed by atoms with Gasteiger partial charge in [-0.05, 0) is 60.4 Å². The fourth-order valence-electron chi connectivity index (χ4n) is 4.83. The molecule has 0 aromatic heterocycles. The minimum Gasteiger partial charge on any atom is -0.323 e. The molecule has 0 spiro atoms. The Labute approximate surface area is 228 Å². The van der Waals surface area contributed by atoms with Gasteiger partial charge in [0.25, 0.3) is 5.91 Å². The van der Waals surface area contributed by atoms with Gasteiger partial charge in [-0.2, -0.15) is 0 Å². The molecule has 194 valence electrons. The van der Waals surface area contributed by atoms with E-state index < -0.39 is 18.0 Å². The molecule has 5 rings (SSSR count). The molecule has 3 amide bonds. The summed E-state index contributed by atoms with van der Waals surface area (Å²) in [7, 11) is 0. The summed E-state index contributed by atoms with van der Waals surface area (Å²) >= 11 is 0. The third-order valence-electron chi connectivity index (χ3n) is 6.74. The number of nitrogens with one attached hydrogen (secondary N) is 2. The molecule has 4 aromatic carbocycles. The first kappa shape index (κ1) is 25.7. The van der Waals surface area contributed by atoms with E-state index in [2.05, 4.69) is 10.6 Å². The average Bonchev–Trinajstić information content (AvgIpc) is 3.04. The molecule has 2 N–H and O–H groups in total. The van der Waals surface area contributed by atoms with E-state index in [4.69, 9.17) is 0 Å². The van der Waals surface area contributed by atoms with Crippen molar-refractivity contribution in [3.8, 4) is 0 Å². The molecule has 0 saturated carbocycles. The maximum Gasteiger partial charge on any atom is 0.320 e. The highest BCUT2D eigenvalue weighted by molar-refractivity contribution is 6.12. The Kier molecular flexibility index (Phi) is 7.37. The van der Waals surface area contributed by atoms with Crippen LogP contribution >= 0.6 is 0 Å². The summed E-state index contributed by atoms with van der Waals surface area (Å²) in [6, 6.07) is 30.5. The third-order valence-corrected chi connectivity index (χ3v) is 6.74. The van der Waals surface area contributed by atoms with E-state index in [1.165, 1.54) is 4.90 Å². The van der Waals surface area contributed by atoms with Crippen molar-refractivity contribution in [1.82, 2.24) is 5.32 Å². The average molecular weight is 516 g/mol. The fraction of sp³-hybridized carbons (Fsp3) is 0.121. The van der Waals surface area contributed by atoms with E-state index in [1.807, 2.05) is 105 Å². The van der Waals surface area contributed by atoms with Crippen LogP contribution in [-0.2, 0) is 4.79 Å². The summed E-state index contributed by atoms with van der Waals surface area (Å²) in [4.78, 5) is 42.1. The number of urea groups is 1. The van der Waals surface area contributed by atoms with Crippen molar-refractivity contribution in [3.63, 3.8) is 0 Å². The van der Waals surface area contributed by atoms with E-state index in [0.29, 0.717) is 16.9 Å². The zero-order valence-corrected chi connectivity index (χ0v) is 21.8. The van der Waals surface area contributed by atoms with Gasteiger partial charge in [-0.3, -0.25) is 9.59 Å². The van der Waals surface area contributed by atoms with Gasteiger partial charge < -0.3 is 15.5 Å². The molecule has 0 bridgehead atoms. The number of carbonyl (C=O) groups excluding carboxylic acids is 3. The molecule has 1 heterocycles. The molecule has 0 radical (unpaired) electrons. The molecule has 4 aromatic rings. The molecule has 1 atom stereocenters. The van der Waals surface area contributed by atoms with Gasteiger partial charge in [0.05, 0.1) is 12.2 Å².